The summed E-state index contributed by atoms with van der Waals surface area (Å²) in [7, 11) is 0. The molecule has 0 fully saturated rings. The van der Waals surface area contributed by atoms with E-state index in [0.29, 0.717) is 13.0 Å². The van der Waals surface area contributed by atoms with Gasteiger partial charge in [-0.05, 0) is 24.1 Å². The van der Waals surface area contributed by atoms with Gasteiger partial charge in [0.15, 0.2) is 0 Å². The molecule has 1 aromatic rings. The zero-order chi connectivity index (χ0) is 18.9. The Bertz CT molecular complexity index is 456. The van der Waals surface area contributed by atoms with Crippen LogP contribution in [0.2, 0.25) is 0 Å². The number of amides is 1. The zero-order valence-electron chi connectivity index (χ0n) is 16.9. The van der Waals surface area contributed by atoms with E-state index >= 15 is 0 Å². The van der Waals surface area contributed by atoms with E-state index < -0.39 is 0 Å². The first-order valence-corrected chi connectivity index (χ1v) is 10.8. The summed E-state index contributed by atoms with van der Waals surface area (Å²) in [6, 6.07) is 7.76. The first-order chi connectivity index (χ1) is 12.8. The van der Waals surface area contributed by atoms with Crippen molar-refractivity contribution in [1.82, 2.24) is 0 Å². The molecule has 0 aliphatic heterocycles. The van der Waals surface area contributed by atoms with E-state index in [9.17, 15) is 4.79 Å². The van der Waals surface area contributed by atoms with Gasteiger partial charge in [-0.2, -0.15) is 0 Å². The van der Waals surface area contributed by atoms with Crippen molar-refractivity contribution >= 4 is 11.6 Å². The molecule has 0 aromatic heterocycles. The summed E-state index contributed by atoms with van der Waals surface area (Å²) in [4.78, 5) is 11.9. The molecule has 1 amide bonds. The molecule has 0 bridgehead atoms. The van der Waals surface area contributed by atoms with Gasteiger partial charge < -0.3 is 11.1 Å². The van der Waals surface area contributed by atoms with Crippen molar-refractivity contribution in [2.24, 2.45) is 5.73 Å². The predicted molar refractivity (Wildman–Crippen MR) is 113 cm³/mol. The number of carbonyl (C=O) groups excluding carboxylic acids is 1. The van der Waals surface area contributed by atoms with Crippen LogP contribution in [0.4, 0.5) is 5.69 Å². The average molecular weight is 361 g/mol. The standard InChI is InChI=1S/C23H40N2O/c1-2-3-4-5-6-7-8-9-10-11-12-13-14-15-23(26)25-22-18-16-21(20-24)17-19-22/h16-19H,2-15,20,24H2,1H3,(H,25,26). The highest BCUT2D eigenvalue weighted by atomic mass is 16.1. The van der Waals surface area contributed by atoms with Crippen LogP contribution < -0.4 is 11.1 Å². The number of rotatable bonds is 16. The lowest BCUT2D eigenvalue weighted by atomic mass is 10.0. The minimum Gasteiger partial charge on any atom is -0.326 e. The lowest BCUT2D eigenvalue weighted by molar-refractivity contribution is -0.116. The Morgan fingerprint density at radius 3 is 1.69 bits per heavy atom. The highest BCUT2D eigenvalue weighted by Crippen LogP contribution is 2.14. The Hall–Kier alpha value is -1.35. The quantitative estimate of drug-likeness (QED) is 0.328. The second kappa shape index (κ2) is 15.9. The SMILES string of the molecule is CCCCCCCCCCCCCCCC(=O)Nc1ccc(CN)cc1. The molecule has 0 spiro atoms. The maximum absolute atomic E-state index is 11.9. The van der Waals surface area contributed by atoms with Crippen molar-refractivity contribution in [2.75, 3.05) is 5.32 Å². The first-order valence-electron chi connectivity index (χ1n) is 10.8. The molecule has 0 aliphatic carbocycles. The van der Waals surface area contributed by atoms with Crippen LogP contribution in [0.3, 0.4) is 0 Å². The first kappa shape index (κ1) is 22.7. The number of anilines is 1. The molecule has 0 aliphatic rings. The lowest BCUT2D eigenvalue weighted by Gasteiger charge is -2.06. The summed E-state index contributed by atoms with van der Waals surface area (Å²) in [6.07, 6.45) is 17.9. The van der Waals surface area contributed by atoms with Crippen LogP contribution in [0.5, 0.6) is 0 Å². The molecule has 0 saturated heterocycles. The van der Waals surface area contributed by atoms with Gasteiger partial charge in [-0.25, -0.2) is 0 Å². The van der Waals surface area contributed by atoms with Crippen LogP contribution in [0.15, 0.2) is 24.3 Å². The fourth-order valence-electron chi connectivity index (χ4n) is 3.25. The van der Waals surface area contributed by atoms with E-state index in [0.717, 1.165) is 24.1 Å². The molecule has 1 rings (SSSR count). The van der Waals surface area contributed by atoms with E-state index in [4.69, 9.17) is 5.73 Å². The molecule has 0 saturated carbocycles. The molecule has 3 heteroatoms. The molecule has 0 heterocycles. The van der Waals surface area contributed by atoms with Gasteiger partial charge in [0.2, 0.25) is 5.91 Å². The minimum absolute atomic E-state index is 0.119. The van der Waals surface area contributed by atoms with Crippen molar-refractivity contribution in [3.63, 3.8) is 0 Å². The van der Waals surface area contributed by atoms with Crippen molar-refractivity contribution in [3.8, 4) is 0 Å². The second-order valence-corrected chi connectivity index (χ2v) is 7.44. The number of nitrogens with one attached hydrogen (secondary N) is 1. The monoisotopic (exact) mass is 360 g/mol. The maximum atomic E-state index is 11.9. The second-order valence-electron chi connectivity index (χ2n) is 7.44. The van der Waals surface area contributed by atoms with Crippen LogP contribution >= 0.6 is 0 Å². The van der Waals surface area contributed by atoms with E-state index in [2.05, 4.69) is 12.2 Å². The van der Waals surface area contributed by atoms with E-state index in [1.165, 1.54) is 70.6 Å². The van der Waals surface area contributed by atoms with Gasteiger partial charge in [0.1, 0.15) is 0 Å². The average Bonchev–Trinajstić information content (AvgIpc) is 2.66. The Balaban J connectivity index is 1.88. The normalized spacial score (nSPS) is 10.8. The van der Waals surface area contributed by atoms with Crippen LogP contribution in [-0.2, 0) is 11.3 Å². The van der Waals surface area contributed by atoms with Crippen LogP contribution in [0.25, 0.3) is 0 Å². The van der Waals surface area contributed by atoms with Crippen molar-refractivity contribution < 1.29 is 4.79 Å². The number of benzene rings is 1. The third kappa shape index (κ3) is 12.1. The molecular weight excluding hydrogens is 320 g/mol. The minimum atomic E-state index is 0.119. The molecule has 3 N–H and O–H groups in total. The Morgan fingerprint density at radius 2 is 1.23 bits per heavy atom. The summed E-state index contributed by atoms with van der Waals surface area (Å²) in [5, 5.41) is 2.96. The van der Waals surface area contributed by atoms with E-state index in [1.54, 1.807) is 0 Å². The van der Waals surface area contributed by atoms with Gasteiger partial charge in [-0.3, -0.25) is 4.79 Å². The molecule has 3 nitrogen and oxygen atoms in total. The molecule has 1 aromatic carbocycles. The van der Waals surface area contributed by atoms with Gasteiger partial charge in [0.05, 0.1) is 0 Å². The summed E-state index contributed by atoms with van der Waals surface area (Å²) in [5.41, 5.74) is 7.52. The van der Waals surface area contributed by atoms with E-state index in [1.807, 2.05) is 24.3 Å². The Morgan fingerprint density at radius 1 is 0.769 bits per heavy atom. The fraction of sp³-hybridized carbons (Fsp3) is 0.696. The van der Waals surface area contributed by atoms with E-state index in [-0.39, 0.29) is 5.91 Å². The number of unbranched alkanes of at least 4 members (excludes halogenated alkanes) is 12. The van der Waals surface area contributed by atoms with Gasteiger partial charge in [-0.1, -0.05) is 96.1 Å². The van der Waals surface area contributed by atoms with Crippen molar-refractivity contribution in [2.45, 2.75) is 103 Å². The summed E-state index contributed by atoms with van der Waals surface area (Å²) in [6.45, 7) is 2.81. The maximum Gasteiger partial charge on any atom is 0.224 e. The van der Waals surface area contributed by atoms with Crippen molar-refractivity contribution in [3.05, 3.63) is 29.8 Å². The molecule has 0 atom stereocenters. The smallest absolute Gasteiger partial charge is 0.224 e. The number of nitrogens with two attached hydrogens (primary N) is 1. The zero-order valence-corrected chi connectivity index (χ0v) is 16.9. The Labute approximate surface area is 161 Å². The fourth-order valence-corrected chi connectivity index (χ4v) is 3.25. The van der Waals surface area contributed by atoms with Gasteiger partial charge in [0, 0.05) is 18.7 Å². The van der Waals surface area contributed by atoms with Crippen LogP contribution in [0.1, 0.15) is 102 Å². The molecule has 0 unspecified atom stereocenters. The van der Waals surface area contributed by atoms with Crippen molar-refractivity contribution in [1.29, 1.82) is 0 Å². The van der Waals surface area contributed by atoms with Gasteiger partial charge in [0.25, 0.3) is 0 Å². The van der Waals surface area contributed by atoms with Crippen LogP contribution in [0, 0.1) is 0 Å². The molecule has 148 valence electrons. The lowest BCUT2D eigenvalue weighted by Crippen LogP contribution is -2.11. The highest BCUT2D eigenvalue weighted by molar-refractivity contribution is 5.90. The topological polar surface area (TPSA) is 55.1 Å². The Kier molecular flexibility index (Phi) is 13.8. The highest BCUT2D eigenvalue weighted by Gasteiger charge is 2.02. The largest absolute Gasteiger partial charge is 0.326 e. The third-order valence-electron chi connectivity index (χ3n) is 4.98. The summed E-state index contributed by atoms with van der Waals surface area (Å²) >= 11 is 0. The number of hydrogen-bond acceptors (Lipinski definition) is 2. The van der Waals surface area contributed by atoms with Gasteiger partial charge >= 0.3 is 0 Å². The van der Waals surface area contributed by atoms with Crippen LogP contribution in [-0.4, -0.2) is 5.91 Å². The summed E-state index contributed by atoms with van der Waals surface area (Å²) < 4.78 is 0. The number of carbonyl (C=O) groups is 1. The summed E-state index contributed by atoms with van der Waals surface area (Å²) in [5.74, 6) is 0.119. The molecule has 0 radical (unpaired) electrons. The molecular formula is C23H40N2O. The number of hydrogen-bond donors (Lipinski definition) is 2. The van der Waals surface area contributed by atoms with Gasteiger partial charge in [-0.15, -0.1) is 0 Å². The predicted octanol–water partition coefficient (Wildman–Crippen LogP) is 6.57. The molecule has 26 heavy (non-hydrogen) atoms. The third-order valence-corrected chi connectivity index (χ3v) is 4.98.